The number of sulfone groups is 1. The summed E-state index contributed by atoms with van der Waals surface area (Å²) < 4.78 is 28.4. The van der Waals surface area contributed by atoms with E-state index >= 15 is 0 Å². The number of nitrogens with zero attached hydrogens (tertiary/aromatic N) is 3. The van der Waals surface area contributed by atoms with Crippen molar-refractivity contribution in [3.8, 4) is 11.5 Å². The number of anilines is 3. The third-order valence-corrected chi connectivity index (χ3v) is 6.47. The van der Waals surface area contributed by atoms with Gasteiger partial charge in [0.1, 0.15) is 29.3 Å². The molecule has 1 aromatic heterocycles. The van der Waals surface area contributed by atoms with E-state index in [9.17, 15) is 13.2 Å². The normalized spacial score (nSPS) is 12.8. The molecule has 0 bridgehead atoms. The number of fused-ring (bicyclic) bond motifs is 1. The van der Waals surface area contributed by atoms with E-state index in [1.807, 2.05) is 6.07 Å². The van der Waals surface area contributed by atoms with Crippen LogP contribution >= 0.6 is 23.2 Å². The van der Waals surface area contributed by atoms with E-state index in [1.165, 1.54) is 6.33 Å². The van der Waals surface area contributed by atoms with Gasteiger partial charge in [-0.15, -0.1) is 0 Å². The van der Waals surface area contributed by atoms with Gasteiger partial charge in [0, 0.05) is 43.0 Å². The highest BCUT2D eigenvalue weighted by molar-refractivity contribution is 7.91. The second-order valence-corrected chi connectivity index (χ2v) is 11.0. The number of carbonyl (C=O) groups is 1. The Morgan fingerprint density at radius 2 is 2.00 bits per heavy atom. The Balaban J connectivity index is 1.44. The number of rotatable bonds is 9. The number of benzene rings is 2. The molecule has 12 heteroatoms. The number of hydrogen-bond acceptors (Lipinski definition) is 8. The monoisotopic (exact) mass is 535 g/mol. The average Bonchev–Trinajstić information content (AvgIpc) is 3.19. The predicted molar refractivity (Wildman–Crippen MR) is 137 cm³/mol. The Hall–Kier alpha value is -3.08. The molecule has 0 radical (unpaired) electrons. The van der Waals surface area contributed by atoms with Gasteiger partial charge in [-0.25, -0.2) is 18.4 Å². The van der Waals surface area contributed by atoms with Crippen molar-refractivity contribution in [1.29, 1.82) is 0 Å². The SMILES string of the molecule is CS(=O)(=O)CC(=O)NCCN1CCc2ncnc(Nc3ccc(Oc4cccc(Cl)c4)c(Cl)c3)c21. The zero-order valence-electron chi connectivity index (χ0n) is 18.8. The molecule has 184 valence electrons. The number of aromatic nitrogens is 2. The maximum Gasteiger partial charge on any atom is 0.235 e. The third-order valence-electron chi connectivity index (χ3n) is 5.15. The lowest BCUT2D eigenvalue weighted by molar-refractivity contribution is -0.118. The zero-order valence-corrected chi connectivity index (χ0v) is 21.1. The van der Waals surface area contributed by atoms with Crippen molar-refractivity contribution in [2.45, 2.75) is 6.42 Å². The molecule has 9 nitrogen and oxygen atoms in total. The molecular formula is C23H23Cl2N5O4S. The summed E-state index contributed by atoms with van der Waals surface area (Å²) in [5.41, 5.74) is 2.43. The van der Waals surface area contributed by atoms with Gasteiger partial charge in [0.25, 0.3) is 0 Å². The molecule has 1 aliphatic heterocycles. The maximum absolute atomic E-state index is 11.8. The van der Waals surface area contributed by atoms with E-state index in [1.54, 1.807) is 36.4 Å². The highest BCUT2D eigenvalue weighted by Crippen LogP contribution is 2.36. The quantitative estimate of drug-likeness (QED) is 0.424. The van der Waals surface area contributed by atoms with Gasteiger partial charge in [-0.1, -0.05) is 29.3 Å². The van der Waals surface area contributed by atoms with Crippen molar-refractivity contribution in [2.24, 2.45) is 0 Å². The van der Waals surface area contributed by atoms with Crippen LogP contribution in [0.25, 0.3) is 0 Å². The summed E-state index contributed by atoms with van der Waals surface area (Å²) in [7, 11) is -3.37. The number of ether oxygens (including phenoxy) is 1. The topological polar surface area (TPSA) is 114 Å². The molecule has 2 N–H and O–H groups in total. The number of hydrogen-bond donors (Lipinski definition) is 2. The Morgan fingerprint density at radius 3 is 2.74 bits per heavy atom. The van der Waals surface area contributed by atoms with Crippen molar-refractivity contribution in [2.75, 3.05) is 41.9 Å². The largest absolute Gasteiger partial charge is 0.456 e. The molecule has 0 spiro atoms. The van der Waals surface area contributed by atoms with Gasteiger partial charge in [0.2, 0.25) is 5.91 Å². The van der Waals surface area contributed by atoms with E-state index in [0.29, 0.717) is 52.7 Å². The van der Waals surface area contributed by atoms with Crippen LogP contribution < -0.4 is 20.3 Å². The third kappa shape index (κ3) is 6.74. The lowest BCUT2D eigenvalue weighted by Crippen LogP contribution is -2.37. The van der Waals surface area contributed by atoms with Crippen molar-refractivity contribution in [1.82, 2.24) is 15.3 Å². The van der Waals surface area contributed by atoms with Crippen molar-refractivity contribution < 1.29 is 17.9 Å². The summed E-state index contributed by atoms with van der Waals surface area (Å²) in [4.78, 5) is 22.6. The Morgan fingerprint density at radius 1 is 1.17 bits per heavy atom. The van der Waals surface area contributed by atoms with Gasteiger partial charge in [-0.05, 0) is 36.4 Å². The summed E-state index contributed by atoms with van der Waals surface area (Å²) in [6.45, 7) is 1.49. The van der Waals surface area contributed by atoms with Crippen LogP contribution in [-0.4, -0.2) is 55.9 Å². The molecule has 2 aromatic carbocycles. The molecule has 3 aromatic rings. The van der Waals surface area contributed by atoms with Crippen LogP contribution in [-0.2, 0) is 21.1 Å². The minimum absolute atomic E-state index is 0.295. The first kappa shape index (κ1) is 25.0. The fraction of sp³-hybridized carbons (Fsp3) is 0.261. The average molecular weight is 536 g/mol. The summed E-state index contributed by atoms with van der Waals surface area (Å²) >= 11 is 12.5. The van der Waals surface area contributed by atoms with E-state index < -0.39 is 21.5 Å². The van der Waals surface area contributed by atoms with Crippen LogP contribution in [0.5, 0.6) is 11.5 Å². The lowest BCUT2D eigenvalue weighted by Gasteiger charge is -2.22. The van der Waals surface area contributed by atoms with E-state index in [0.717, 1.165) is 24.1 Å². The number of halogens is 2. The van der Waals surface area contributed by atoms with Crippen LogP contribution in [0.3, 0.4) is 0 Å². The minimum atomic E-state index is -3.37. The molecular weight excluding hydrogens is 513 g/mol. The van der Waals surface area contributed by atoms with Gasteiger partial charge < -0.3 is 20.3 Å². The van der Waals surface area contributed by atoms with Gasteiger partial charge in [-0.2, -0.15) is 0 Å². The highest BCUT2D eigenvalue weighted by atomic mass is 35.5. The van der Waals surface area contributed by atoms with E-state index in [-0.39, 0.29) is 0 Å². The van der Waals surface area contributed by atoms with Crippen molar-refractivity contribution >= 4 is 56.1 Å². The van der Waals surface area contributed by atoms with Crippen molar-refractivity contribution in [3.63, 3.8) is 0 Å². The lowest BCUT2D eigenvalue weighted by atomic mass is 10.2. The summed E-state index contributed by atoms with van der Waals surface area (Å²) in [6.07, 6.45) is 3.26. The van der Waals surface area contributed by atoms with Crippen molar-refractivity contribution in [3.05, 3.63) is 64.5 Å². The highest BCUT2D eigenvalue weighted by Gasteiger charge is 2.25. The molecule has 1 amide bonds. The first-order valence-corrected chi connectivity index (χ1v) is 13.5. The van der Waals surface area contributed by atoms with Gasteiger partial charge in [-0.3, -0.25) is 4.79 Å². The van der Waals surface area contributed by atoms with Gasteiger partial charge in [0.05, 0.1) is 10.7 Å². The second-order valence-electron chi connectivity index (χ2n) is 8.00. The molecule has 0 atom stereocenters. The van der Waals surface area contributed by atoms with Crippen LogP contribution in [0.15, 0.2) is 48.8 Å². The summed E-state index contributed by atoms with van der Waals surface area (Å²) in [5, 5.41) is 6.90. The first-order chi connectivity index (χ1) is 16.7. The van der Waals surface area contributed by atoms with E-state index in [4.69, 9.17) is 27.9 Å². The van der Waals surface area contributed by atoms with E-state index in [2.05, 4.69) is 25.5 Å². The summed E-state index contributed by atoms with van der Waals surface area (Å²) in [6, 6.07) is 12.4. The maximum atomic E-state index is 11.8. The van der Waals surface area contributed by atoms with Crippen LogP contribution in [0.4, 0.5) is 17.2 Å². The Bertz CT molecular complexity index is 1350. The molecule has 2 heterocycles. The summed E-state index contributed by atoms with van der Waals surface area (Å²) in [5.74, 6) is 0.614. The van der Waals surface area contributed by atoms with Gasteiger partial charge in [0.15, 0.2) is 15.7 Å². The smallest absolute Gasteiger partial charge is 0.235 e. The molecule has 4 rings (SSSR count). The molecule has 0 saturated carbocycles. The fourth-order valence-corrected chi connectivity index (χ4v) is 4.65. The number of nitrogens with one attached hydrogen (secondary N) is 2. The zero-order chi connectivity index (χ0) is 25.0. The molecule has 0 fully saturated rings. The minimum Gasteiger partial charge on any atom is -0.456 e. The second kappa shape index (κ2) is 10.7. The standard InChI is InChI=1S/C23H23Cl2N5O4S/c1-35(32,33)13-21(31)26-8-10-30-9-7-19-22(30)23(28-14-27-19)29-16-5-6-20(18(25)12-16)34-17-4-2-3-15(24)11-17/h2-6,11-12,14H,7-10,13H2,1H3,(H,26,31)(H,27,28,29). The number of carbonyl (C=O) groups excluding carboxylic acids is 1. The molecule has 35 heavy (non-hydrogen) atoms. The van der Waals surface area contributed by atoms with Crippen LogP contribution in [0.1, 0.15) is 5.69 Å². The molecule has 1 aliphatic rings. The Kier molecular flexibility index (Phi) is 7.63. The Labute approximate surface area is 213 Å². The first-order valence-electron chi connectivity index (χ1n) is 10.7. The molecule has 0 saturated heterocycles. The predicted octanol–water partition coefficient (Wildman–Crippen LogP) is 3.84. The van der Waals surface area contributed by atoms with Gasteiger partial charge >= 0.3 is 0 Å². The van der Waals surface area contributed by atoms with Crippen LogP contribution in [0.2, 0.25) is 10.0 Å². The molecule has 0 aliphatic carbocycles. The molecule has 0 unspecified atom stereocenters. The van der Waals surface area contributed by atoms with Crippen LogP contribution in [0, 0.1) is 0 Å². The number of amides is 1. The fourth-order valence-electron chi connectivity index (χ4n) is 3.67.